The van der Waals surface area contributed by atoms with E-state index in [1.54, 1.807) is 7.11 Å². The van der Waals surface area contributed by atoms with Crippen LogP contribution >= 0.6 is 0 Å². The smallest absolute Gasteiger partial charge is 0.217 e. The van der Waals surface area contributed by atoms with Crippen molar-refractivity contribution in [2.24, 2.45) is 5.73 Å². The lowest BCUT2D eigenvalue weighted by Gasteiger charge is -2.06. The number of primary amides is 1. The maximum atomic E-state index is 10.5. The molecule has 1 rings (SSSR count). The molecule has 0 aliphatic rings. The molecule has 1 aromatic carbocycles. The van der Waals surface area contributed by atoms with Crippen LogP contribution in [0, 0.1) is 0 Å². The normalized spacial score (nSPS) is 10.1. The van der Waals surface area contributed by atoms with Crippen molar-refractivity contribution in [2.45, 2.75) is 19.4 Å². The van der Waals surface area contributed by atoms with E-state index in [1.165, 1.54) is 5.56 Å². The number of carbonyl (C=O) groups is 1. The first kappa shape index (κ1) is 12.5. The van der Waals surface area contributed by atoms with Crippen LogP contribution in [-0.2, 0) is 11.3 Å². The molecule has 0 radical (unpaired) electrons. The van der Waals surface area contributed by atoms with E-state index >= 15 is 0 Å². The molecule has 0 bridgehead atoms. The predicted molar refractivity (Wildman–Crippen MR) is 63.1 cm³/mol. The van der Waals surface area contributed by atoms with Crippen LogP contribution in [0.15, 0.2) is 24.3 Å². The Labute approximate surface area is 95.8 Å². The van der Waals surface area contributed by atoms with Crippen molar-refractivity contribution in [3.05, 3.63) is 29.8 Å². The fourth-order valence-electron chi connectivity index (χ4n) is 1.40. The van der Waals surface area contributed by atoms with Crippen molar-refractivity contribution >= 4 is 5.91 Å². The van der Waals surface area contributed by atoms with Gasteiger partial charge in [0, 0.05) is 13.0 Å². The molecule has 3 N–H and O–H groups in total. The summed E-state index contributed by atoms with van der Waals surface area (Å²) in [4.78, 5) is 10.5. The van der Waals surface area contributed by atoms with Gasteiger partial charge in [-0.05, 0) is 30.7 Å². The Balaban J connectivity index is 2.23. The summed E-state index contributed by atoms with van der Waals surface area (Å²) < 4.78 is 5.12. The number of hydrogen-bond donors (Lipinski definition) is 2. The molecule has 1 amide bonds. The van der Waals surface area contributed by atoms with Gasteiger partial charge in [-0.25, -0.2) is 0 Å². The molecule has 0 spiro atoms. The Hall–Kier alpha value is -1.55. The summed E-state index contributed by atoms with van der Waals surface area (Å²) in [6.45, 7) is 1.57. The molecule has 4 nitrogen and oxygen atoms in total. The van der Waals surface area contributed by atoms with Gasteiger partial charge in [-0.1, -0.05) is 12.1 Å². The fourth-order valence-corrected chi connectivity index (χ4v) is 1.40. The van der Waals surface area contributed by atoms with Crippen LogP contribution < -0.4 is 15.8 Å². The number of methoxy groups -OCH3 is 1. The molecular formula is C12H18N2O2. The zero-order valence-electron chi connectivity index (χ0n) is 9.53. The van der Waals surface area contributed by atoms with E-state index in [9.17, 15) is 4.79 Å². The third-order valence-corrected chi connectivity index (χ3v) is 2.24. The Morgan fingerprint density at radius 1 is 1.50 bits per heavy atom. The Kier molecular flexibility index (Phi) is 5.36. The number of rotatable bonds is 7. The molecule has 1 aromatic rings. The maximum absolute atomic E-state index is 10.5. The molecule has 0 saturated carbocycles. The Morgan fingerprint density at radius 2 is 2.31 bits per heavy atom. The lowest BCUT2D eigenvalue weighted by atomic mass is 10.2. The number of carbonyl (C=O) groups excluding carboxylic acids is 1. The number of nitrogens with one attached hydrogen (secondary N) is 1. The van der Waals surface area contributed by atoms with Gasteiger partial charge in [-0.3, -0.25) is 4.79 Å². The zero-order chi connectivity index (χ0) is 11.8. The minimum Gasteiger partial charge on any atom is -0.497 e. The number of benzene rings is 1. The van der Waals surface area contributed by atoms with Gasteiger partial charge < -0.3 is 15.8 Å². The molecule has 0 saturated heterocycles. The van der Waals surface area contributed by atoms with E-state index < -0.39 is 0 Å². The van der Waals surface area contributed by atoms with Crippen LogP contribution in [-0.4, -0.2) is 19.6 Å². The second-order valence-electron chi connectivity index (χ2n) is 3.60. The van der Waals surface area contributed by atoms with E-state index in [1.807, 2.05) is 24.3 Å². The van der Waals surface area contributed by atoms with E-state index in [2.05, 4.69) is 5.32 Å². The molecule has 88 valence electrons. The summed E-state index contributed by atoms with van der Waals surface area (Å²) in [6.07, 6.45) is 1.21. The molecule has 0 heterocycles. The molecule has 0 aromatic heterocycles. The second-order valence-corrected chi connectivity index (χ2v) is 3.60. The number of amides is 1. The van der Waals surface area contributed by atoms with Gasteiger partial charge in [0.2, 0.25) is 5.91 Å². The SMILES string of the molecule is COc1cccc(CNCCCC(N)=O)c1. The van der Waals surface area contributed by atoms with Gasteiger partial charge in [-0.15, -0.1) is 0 Å². The highest BCUT2D eigenvalue weighted by atomic mass is 16.5. The summed E-state index contributed by atoms with van der Waals surface area (Å²) in [7, 11) is 1.65. The Bertz CT molecular complexity index is 340. The second kappa shape index (κ2) is 6.85. The zero-order valence-corrected chi connectivity index (χ0v) is 9.53. The van der Waals surface area contributed by atoms with E-state index in [-0.39, 0.29) is 5.91 Å². The Morgan fingerprint density at radius 3 is 3.00 bits per heavy atom. The van der Waals surface area contributed by atoms with Crippen LogP contribution in [0.3, 0.4) is 0 Å². The van der Waals surface area contributed by atoms with Crippen molar-refractivity contribution < 1.29 is 9.53 Å². The van der Waals surface area contributed by atoms with E-state index in [0.717, 1.165) is 25.3 Å². The van der Waals surface area contributed by atoms with Crippen molar-refractivity contribution in [3.63, 3.8) is 0 Å². The fraction of sp³-hybridized carbons (Fsp3) is 0.417. The summed E-state index contributed by atoms with van der Waals surface area (Å²) in [5, 5.41) is 3.25. The molecule has 4 heteroatoms. The third kappa shape index (κ3) is 4.79. The summed E-state index contributed by atoms with van der Waals surface area (Å²) in [5.74, 6) is 0.611. The molecule has 0 aliphatic carbocycles. The number of ether oxygens (including phenoxy) is 1. The molecule has 0 fully saturated rings. The maximum Gasteiger partial charge on any atom is 0.217 e. The standard InChI is InChI=1S/C12H18N2O2/c1-16-11-5-2-4-10(8-11)9-14-7-3-6-12(13)15/h2,4-5,8,14H,3,6-7,9H2,1H3,(H2,13,15). The topological polar surface area (TPSA) is 64.3 Å². The van der Waals surface area contributed by atoms with E-state index in [0.29, 0.717) is 6.42 Å². The first-order chi connectivity index (χ1) is 7.72. The average molecular weight is 222 g/mol. The quantitative estimate of drug-likeness (QED) is 0.678. The van der Waals surface area contributed by atoms with Crippen LogP contribution in [0.5, 0.6) is 5.75 Å². The molecule has 16 heavy (non-hydrogen) atoms. The molecular weight excluding hydrogens is 204 g/mol. The lowest BCUT2D eigenvalue weighted by molar-refractivity contribution is -0.118. The average Bonchev–Trinajstić information content (AvgIpc) is 2.28. The van der Waals surface area contributed by atoms with Crippen LogP contribution in [0.2, 0.25) is 0 Å². The van der Waals surface area contributed by atoms with Crippen LogP contribution in [0.4, 0.5) is 0 Å². The van der Waals surface area contributed by atoms with Crippen molar-refractivity contribution in [1.82, 2.24) is 5.32 Å². The van der Waals surface area contributed by atoms with Gasteiger partial charge in [0.1, 0.15) is 5.75 Å². The van der Waals surface area contributed by atoms with Crippen LogP contribution in [0.1, 0.15) is 18.4 Å². The predicted octanol–water partition coefficient (Wildman–Crippen LogP) is 1.05. The van der Waals surface area contributed by atoms with Crippen molar-refractivity contribution in [2.75, 3.05) is 13.7 Å². The minimum absolute atomic E-state index is 0.247. The third-order valence-electron chi connectivity index (χ3n) is 2.24. The van der Waals surface area contributed by atoms with E-state index in [4.69, 9.17) is 10.5 Å². The highest BCUT2D eigenvalue weighted by Crippen LogP contribution is 2.11. The lowest BCUT2D eigenvalue weighted by Crippen LogP contribution is -2.18. The van der Waals surface area contributed by atoms with Crippen LogP contribution in [0.25, 0.3) is 0 Å². The molecule has 0 unspecified atom stereocenters. The van der Waals surface area contributed by atoms with Gasteiger partial charge >= 0.3 is 0 Å². The van der Waals surface area contributed by atoms with Gasteiger partial charge in [-0.2, -0.15) is 0 Å². The highest BCUT2D eigenvalue weighted by Gasteiger charge is 1.96. The van der Waals surface area contributed by atoms with Gasteiger partial charge in [0.15, 0.2) is 0 Å². The monoisotopic (exact) mass is 222 g/mol. The van der Waals surface area contributed by atoms with Gasteiger partial charge in [0.05, 0.1) is 7.11 Å². The van der Waals surface area contributed by atoms with Crippen molar-refractivity contribution in [1.29, 1.82) is 0 Å². The summed E-state index contributed by atoms with van der Waals surface area (Å²) in [5.41, 5.74) is 6.21. The van der Waals surface area contributed by atoms with Gasteiger partial charge in [0.25, 0.3) is 0 Å². The highest BCUT2D eigenvalue weighted by molar-refractivity contribution is 5.73. The molecule has 0 aliphatic heterocycles. The summed E-state index contributed by atoms with van der Waals surface area (Å²) in [6, 6.07) is 7.89. The van der Waals surface area contributed by atoms with Crippen molar-refractivity contribution in [3.8, 4) is 5.75 Å². The first-order valence-corrected chi connectivity index (χ1v) is 5.34. The largest absolute Gasteiger partial charge is 0.497 e. The number of hydrogen-bond acceptors (Lipinski definition) is 3. The summed E-state index contributed by atoms with van der Waals surface area (Å²) >= 11 is 0. The first-order valence-electron chi connectivity index (χ1n) is 5.34. The molecule has 0 atom stereocenters. The number of nitrogens with two attached hydrogens (primary N) is 1. The minimum atomic E-state index is -0.247.